The number of nitrogens with one attached hydrogen (secondary N) is 1. The topological polar surface area (TPSA) is 102 Å². The van der Waals surface area contributed by atoms with Crippen molar-refractivity contribution in [3.05, 3.63) is 12.0 Å². The Morgan fingerprint density at radius 3 is 2.59 bits per heavy atom. The first kappa shape index (κ1) is 12.2. The van der Waals surface area contributed by atoms with Crippen LogP contribution in [0, 0.1) is 0 Å². The van der Waals surface area contributed by atoms with Crippen LogP contribution < -0.4 is 5.32 Å². The number of amides is 2. The smallest absolute Gasteiger partial charge is 0.326 e. The molecule has 2 aliphatic rings. The third-order valence-electron chi connectivity index (χ3n) is 2.77. The average Bonchev–Trinajstić information content (AvgIpc) is 2.51. The zero-order valence-electron chi connectivity index (χ0n) is 8.95. The van der Waals surface area contributed by atoms with E-state index in [1.807, 2.05) is 5.32 Å². The van der Waals surface area contributed by atoms with Gasteiger partial charge in [-0.1, -0.05) is 0 Å². The van der Waals surface area contributed by atoms with Crippen molar-refractivity contribution in [3.8, 4) is 0 Å². The lowest BCUT2D eigenvalue weighted by molar-refractivity contribution is -0.0547. The third-order valence-corrected chi connectivity index (χ3v) is 2.77. The molecule has 0 saturated carbocycles. The number of hydrogen-bond donors (Lipinski definition) is 4. The van der Waals surface area contributed by atoms with Crippen LogP contribution in [0.2, 0.25) is 0 Å². The molecular weight excluding hydrogens is 235 g/mol. The zero-order valence-corrected chi connectivity index (χ0v) is 8.95. The van der Waals surface area contributed by atoms with Crippen molar-refractivity contribution in [2.45, 2.75) is 37.7 Å². The second kappa shape index (κ2) is 4.22. The lowest BCUT2D eigenvalue weighted by Crippen LogP contribution is -2.54. The molecule has 0 aromatic rings. The van der Waals surface area contributed by atoms with Crippen LogP contribution in [0.15, 0.2) is 12.0 Å². The van der Waals surface area contributed by atoms with Crippen LogP contribution in [0.1, 0.15) is 6.92 Å². The highest BCUT2D eigenvalue weighted by molar-refractivity contribution is 5.77. The maximum absolute atomic E-state index is 13.1. The standard InChI is InChI=1S/C9H13FN2O5/c1-3-5(13)6(14)8(17-3)12-2-4(10)7(15)11-9(12)16/h2-3,5-8,13-15H,1H3,(H,11,16)/t3-,5-,6-,7?,8-/m1/s1. The number of halogens is 1. The van der Waals surface area contributed by atoms with Gasteiger partial charge in [-0.25, -0.2) is 9.18 Å². The molecule has 0 spiro atoms. The molecule has 0 aromatic carbocycles. The first-order valence-corrected chi connectivity index (χ1v) is 5.07. The third kappa shape index (κ3) is 2.00. The molecule has 8 heteroatoms. The van der Waals surface area contributed by atoms with E-state index in [1.165, 1.54) is 6.92 Å². The quantitative estimate of drug-likeness (QED) is 0.457. The van der Waals surface area contributed by atoms with Gasteiger partial charge in [0.25, 0.3) is 0 Å². The van der Waals surface area contributed by atoms with Gasteiger partial charge in [-0.15, -0.1) is 0 Å². The second-order valence-corrected chi connectivity index (χ2v) is 3.99. The Bertz CT molecular complexity index is 363. The SMILES string of the molecule is C[C@H]1O[C@@H](N2C=C(F)C(O)NC2=O)[C@H](O)[C@@H]1O. The van der Waals surface area contributed by atoms with Crippen molar-refractivity contribution < 1.29 is 29.2 Å². The minimum atomic E-state index is -1.69. The number of carbonyl (C=O) groups is 1. The summed E-state index contributed by atoms with van der Waals surface area (Å²) in [5.74, 6) is -0.977. The summed E-state index contributed by atoms with van der Waals surface area (Å²) >= 11 is 0. The summed E-state index contributed by atoms with van der Waals surface area (Å²) < 4.78 is 18.3. The van der Waals surface area contributed by atoms with Crippen molar-refractivity contribution in [1.29, 1.82) is 0 Å². The molecule has 0 radical (unpaired) electrons. The summed E-state index contributed by atoms with van der Waals surface area (Å²) in [4.78, 5) is 12.2. The van der Waals surface area contributed by atoms with E-state index in [4.69, 9.17) is 9.84 Å². The minimum absolute atomic E-state index is 0.675. The second-order valence-electron chi connectivity index (χ2n) is 3.99. The van der Waals surface area contributed by atoms with E-state index in [2.05, 4.69) is 0 Å². The number of carbonyl (C=O) groups excluding carboxylic acids is 1. The molecule has 17 heavy (non-hydrogen) atoms. The summed E-state index contributed by atoms with van der Waals surface area (Å²) in [6, 6.07) is -0.816. The van der Waals surface area contributed by atoms with Crippen LogP contribution in [0.25, 0.3) is 0 Å². The fraction of sp³-hybridized carbons (Fsp3) is 0.667. The maximum Gasteiger partial charge on any atom is 0.326 e. The summed E-state index contributed by atoms with van der Waals surface area (Å²) in [6.45, 7) is 1.52. The maximum atomic E-state index is 13.1. The number of aliphatic hydroxyl groups excluding tert-OH is 3. The van der Waals surface area contributed by atoms with Crippen molar-refractivity contribution in [3.63, 3.8) is 0 Å². The Morgan fingerprint density at radius 2 is 2.06 bits per heavy atom. The molecule has 0 aromatic heterocycles. The molecule has 0 bridgehead atoms. The van der Waals surface area contributed by atoms with E-state index in [0.29, 0.717) is 0 Å². The Morgan fingerprint density at radius 1 is 1.41 bits per heavy atom. The summed E-state index contributed by atoms with van der Waals surface area (Å²) in [5, 5.41) is 30.1. The molecule has 1 fully saturated rings. The van der Waals surface area contributed by atoms with Crippen molar-refractivity contribution in [1.82, 2.24) is 10.2 Å². The minimum Gasteiger partial charge on any atom is -0.388 e. The largest absolute Gasteiger partial charge is 0.388 e. The summed E-state index contributed by atoms with van der Waals surface area (Å²) in [7, 11) is 0. The van der Waals surface area contributed by atoms with Crippen molar-refractivity contribution in [2.24, 2.45) is 0 Å². The van der Waals surface area contributed by atoms with Gasteiger partial charge in [-0.3, -0.25) is 4.90 Å². The van der Waals surface area contributed by atoms with Gasteiger partial charge in [0.05, 0.1) is 6.10 Å². The molecule has 96 valence electrons. The lowest BCUT2D eigenvalue weighted by atomic mass is 10.1. The Balaban J connectivity index is 2.21. The lowest BCUT2D eigenvalue weighted by Gasteiger charge is -2.31. The number of urea groups is 1. The van der Waals surface area contributed by atoms with E-state index >= 15 is 0 Å². The molecule has 1 unspecified atom stereocenters. The van der Waals surface area contributed by atoms with Crippen LogP contribution in [0.3, 0.4) is 0 Å². The van der Waals surface area contributed by atoms with E-state index in [9.17, 15) is 19.4 Å². The number of nitrogens with zero attached hydrogens (tertiary/aromatic N) is 1. The first-order chi connectivity index (χ1) is 7.91. The molecule has 2 rings (SSSR count). The van der Waals surface area contributed by atoms with Gasteiger partial charge >= 0.3 is 6.03 Å². The monoisotopic (exact) mass is 248 g/mol. The predicted molar refractivity (Wildman–Crippen MR) is 51.9 cm³/mol. The highest BCUT2D eigenvalue weighted by atomic mass is 19.1. The molecule has 2 amide bonds. The van der Waals surface area contributed by atoms with Crippen molar-refractivity contribution in [2.75, 3.05) is 0 Å². The highest BCUT2D eigenvalue weighted by Gasteiger charge is 2.46. The van der Waals surface area contributed by atoms with Crippen LogP contribution in [-0.4, -0.2) is 57.0 Å². The Kier molecular flexibility index (Phi) is 3.04. The highest BCUT2D eigenvalue weighted by Crippen LogP contribution is 2.26. The van der Waals surface area contributed by atoms with Gasteiger partial charge in [-0.2, -0.15) is 0 Å². The van der Waals surface area contributed by atoms with Crippen molar-refractivity contribution >= 4 is 6.03 Å². The zero-order chi connectivity index (χ0) is 12.7. The number of hydrogen-bond acceptors (Lipinski definition) is 5. The van der Waals surface area contributed by atoms with E-state index in [-0.39, 0.29) is 0 Å². The van der Waals surface area contributed by atoms with Gasteiger partial charge in [0, 0.05) is 6.20 Å². The van der Waals surface area contributed by atoms with Gasteiger partial charge in [0.1, 0.15) is 12.2 Å². The van der Waals surface area contributed by atoms with Gasteiger partial charge in [0.2, 0.25) is 0 Å². The normalized spacial score (nSPS) is 42.4. The fourth-order valence-electron chi connectivity index (χ4n) is 1.77. The number of aliphatic hydroxyl groups is 3. The first-order valence-electron chi connectivity index (χ1n) is 5.07. The number of ether oxygens (including phenoxy) is 1. The molecule has 1 saturated heterocycles. The average molecular weight is 248 g/mol. The molecular formula is C9H13FN2O5. The van der Waals surface area contributed by atoms with E-state index in [0.717, 1.165) is 11.1 Å². The molecule has 4 N–H and O–H groups in total. The molecule has 0 aliphatic carbocycles. The fourth-order valence-corrected chi connectivity index (χ4v) is 1.77. The molecule has 2 aliphatic heterocycles. The van der Waals surface area contributed by atoms with Gasteiger partial charge < -0.3 is 25.4 Å². The van der Waals surface area contributed by atoms with Gasteiger partial charge in [0.15, 0.2) is 18.3 Å². The Hall–Kier alpha value is -1.22. The van der Waals surface area contributed by atoms with Crippen LogP contribution in [0.5, 0.6) is 0 Å². The van der Waals surface area contributed by atoms with Crippen LogP contribution in [-0.2, 0) is 4.74 Å². The molecule has 2 heterocycles. The number of rotatable bonds is 1. The predicted octanol–water partition coefficient (Wildman–Crippen LogP) is -1.39. The van der Waals surface area contributed by atoms with Crippen LogP contribution >= 0.6 is 0 Å². The van der Waals surface area contributed by atoms with E-state index < -0.39 is 42.6 Å². The molecule has 5 atom stereocenters. The van der Waals surface area contributed by atoms with Crippen LogP contribution in [0.4, 0.5) is 9.18 Å². The van der Waals surface area contributed by atoms with E-state index in [1.54, 1.807) is 0 Å². The Labute approximate surface area is 96.1 Å². The van der Waals surface area contributed by atoms with Gasteiger partial charge in [-0.05, 0) is 6.92 Å². The summed E-state index contributed by atoms with van der Waals surface area (Å²) in [6.07, 6.45) is -5.31. The molecule has 7 nitrogen and oxygen atoms in total. The summed E-state index contributed by atoms with van der Waals surface area (Å²) in [5.41, 5.74) is 0.